The van der Waals surface area contributed by atoms with Crippen molar-refractivity contribution < 1.29 is 18.3 Å². The summed E-state index contributed by atoms with van der Waals surface area (Å²) in [4.78, 5) is 26.9. The summed E-state index contributed by atoms with van der Waals surface area (Å²) in [6.07, 6.45) is -2.37. The highest BCUT2D eigenvalue weighted by atomic mass is 32.1. The number of phenolic OH excluding ortho intramolecular Hbond substituents is 1. The van der Waals surface area contributed by atoms with Crippen LogP contribution in [0.4, 0.5) is 19.0 Å². The maximum Gasteiger partial charge on any atom is 0.417 e. The lowest BCUT2D eigenvalue weighted by Crippen LogP contribution is -2.29. The van der Waals surface area contributed by atoms with Crippen molar-refractivity contribution in [1.82, 2.24) is 29.3 Å². The maximum atomic E-state index is 13.7. The molecule has 0 aliphatic carbocycles. The van der Waals surface area contributed by atoms with Crippen LogP contribution in [0.2, 0.25) is 0 Å². The van der Waals surface area contributed by atoms with E-state index < -0.39 is 23.0 Å². The van der Waals surface area contributed by atoms with Crippen molar-refractivity contribution in [3.05, 3.63) is 75.9 Å². The van der Waals surface area contributed by atoms with E-state index in [1.54, 1.807) is 24.4 Å². The molecular weight excluding hydrogens is 519 g/mol. The zero-order valence-corrected chi connectivity index (χ0v) is 20.9. The molecule has 13 heteroatoms. The number of allylic oxidation sites excluding steroid dienone is 3. The number of aromatic hydroxyl groups is 1. The Labute approximate surface area is 217 Å². The molecule has 5 aromatic rings. The molecule has 1 aromatic carbocycles. The second-order valence-electron chi connectivity index (χ2n) is 8.43. The van der Waals surface area contributed by atoms with Crippen molar-refractivity contribution in [2.75, 3.05) is 5.73 Å². The van der Waals surface area contributed by atoms with Crippen molar-refractivity contribution >= 4 is 44.1 Å². The van der Waals surface area contributed by atoms with Crippen LogP contribution in [0.5, 0.6) is 5.75 Å². The summed E-state index contributed by atoms with van der Waals surface area (Å²) in [5.74, 6) is 0.110. The Morgan fingerprint density at radius 1 is 1.26 bits per heavy atom. The number of thiophene rings is 1. The number of anilines is 1. The second kappa shape index (κ2) is 9.10. The van der Waals surface area contributed by atoms with Gasteiger partial charge in [-0.2, -0.15) is 18.3 Å². The van der Waals surface area contributed by atoms with Crippen molar-refractivity contribution in [3.8, 4) is 17.0 Å². The third kappa shape index (κ3) is 4.10. The number of hydrogen-bond donors (Lipinski definition) is 2. The van der Waals surface area contributed by atoms with Crippen molar-refractivity contribution in [3.63, 3.8) is 0 Å². The molecule has 0 saturated heterocycles. The fourth-order valence-corrected chi connectivity index (χ4v) is 5.17. The molecule has 0 saturated carbocycles. The molecule has 0 amide bonds. The molecule has 38 heavy (non-hydrogen) atoms. The molecule has 194 valence electrons. The largest absolute Gasteiger partial charge is 0.508 e. The number of aromatic nitrogens is 6. The van der Waals surface area contributed by atoms with Crippen LogP contribution in [0, 0.1) is 6.92 Å². The Hall–Kier alpha value is -4.52. The molecule has 0 fully saturated rings. The van der Waals surface area contributed by atoms with Crippen LogP contribution in [-0.2, 0) is 6.54 Å². The summed E-state index contributed by atoms with van der Waals surface area (Å²) in [5.41, 5.74) is 5.62. The smallest absolute Gasteiger partial charge is 0.417 e. The maximum absolute atomic E-state index is 13.7. The van der Waals surface area contributed by atoms with Crippen molar-refractivity contribution in [2.24, 2.45) is 0 Å². The zero-order chi connectivity index (χ0) is 27.4. The zero-order valence-electron chi connectivity index (χ0n) is 20.1. The Bertz CT molecular complexity index is 1830. The molecule has 0 unspecified atom stereocenters. The highest BCUT2D eigenvalue weighted by Gasteiger charge is 2.36. The van der Waals surface area contributed by atoms with E-state index in [1.165, 1.54) is 47.5 Å². The Kier molecular flexibility index (Phi) is 6.02. The predicted octanol–water partition coefficient (Wildman–Crippen LogP) is 4.89. The van der Waals surface area contributed by atoms with Crippen LogP contribution in [-0.4, -0.2) is 40.6 Å². The van der Waals surface area contributed by atoms with Crippen LogP contribution >= 0.6 is 11.3 Å². The molecule has 0 aliphatic heterocycles. The van der Waals surface area contributed by atoms with Crippen molar-refractivity contribution in [2.45, 2.75) is 26.6 Å². The minimum Gasteiger partial charge on any atom is -0.508 e. The van der Waals surface area contributed by atoms with Crippen LogP contribution in [0.1, 0.15) is 18.3 Å². The summed E-state index contributed by atoms with van der Waals surface area (Å²) < 4.78 is 43.5. The van der Waals surface area contributed by atoms with Gasteiger partial charge < -0.3 is 10.8 Å². The first-order chi connectivity index (χ1) is 18.0. The Balaban J connectivity index is 1.77. The Morgan fingerprint density at radius 2 is 2.03 bits per heavy atom. The van der Waals surface area contributed by atoms with Gasteiger partial charge in [0.05, 0.1) is 22.0 Å². The molecule has 0 bridgehead atoms. The average molecular weight is 540 g/mol. The van der Waals surface area contributed by atoms with Gasteiger partial charge in [0, 0.05) is 5.56 Å². The number of nitrogens with zero attached hydrogens (tertiary/aromatic N) is 6. The Morgan fingerprint density at radius 3 is 2.71 bits per heavy atom. The normalized spacial score (nSPS) is 12.5. The standard InChI is InChI=1S/C25H20F3N7O2S/c1-4-16(13(3)25(26,27)28)35-17(32-23-18(24(35)37)12(2)10-38-23)9-34-22-19(21(29)30-11-31-22)20(33-34)14-6-5-7-15(36)8-14/h4-8,10-11,36H,3,9H2,1-2H3,(H2,29,30,31)/b16-4+. The number of fused-ring (bicyclic) bond motifs is 2. The van der Waals surface area contributed by atoms with E-state index in [-0.39, 0.29) is 35.0 Å². The predicted molar refractivity (Wildman–Crippen MR) is 140 cm³/mol. The molecule has 0 spiro atoms. The number of rotatable bonds is 5. The van der Waals surface area contributed by atoms with Crippen LogP contribution in [0.3, 0.4) is 0 Å². The summed E-state index contributed by atoms with van der Waals surface area (Å²) in [6.45, 7) is 6.07. The number of halogens is 3. The number of nitrogens with two attached hydrogens (primary N) is 1. The molecule has 0 aliphatic rings. The van der Waals surface area contributed by atoms with E-state index in [1.807, 2.05) is 0 Å². The topological polar surface area (TPSA) is 125 Å². The monoisotopic (exact) mass is 539 g/mol. The van der Waals surface area contributed by atoms with Gasteiger partial charge in [-0.05, 0) is 36.9 Å². The summed E-state index contributed by atoms with van der Waals surface area (Å²) >= 11 is 1.21. The molecule has 9 nitrogen and oxygen atoms in total. The number of hydrogen-bond acceptors (Lipinski definition) is 8. The molecule has 0 atom stereocenters. The molecule has 4 heterocycles. The van der Waals surface area contributed by atoms with Crippen molar-refractivity contribution in [1.29, 1.82) is 0 Å². The highest BCUT2D eigenvalue weighted by molar-refractivity contribution is 7.16. The fourth-order valence-electron chi connectivity index (χ4n) is 4.24. The van der Waals surface area contributed by atoms with Gasteiger partial charge in [0.2, 0.25) is 0 Å². The van der Waals surface area contributed by atoms with Gasteiger partial charge in [-0.25, -0.2) is 19.6 Å². The van der Waals surface area contributed by atoms with Gasteiger partial charge in [0.1, 0.15) is 40.8 Å². The van der Waals surface area contributed by atoms with E-state index in [4.69, 9.17) is 5.73 Å². The number of benzene rings is 1. The van der Waals surface area contributed by atoms with Crippen LogP contribution in [0.25, 0.3) is 38.2 Å². The molecule has 5 rings (SSSR count). The minimum absolute atomic E-state index is 0.00182. The SMILES string of the molecule is C=C(/C(=C\C)n1c(Cn2nc(-c3cccc(O)c3)c3c(N)ncnc32)nc2scc(C)c2c1=O)C(F)(F)F. The first-order valence-corrected chi connectivity index (χ1v) is 12.1. The number of alkyl halides is 3. The summed E-state index contributed by atoms with van der Waals surface area (Å²) in [5, 5.41) is 16.9. The molecular formula is C25H20F3N7O2S. The fraction of sp³-hybridized carbons (Fsp3) is 0.160. The van der Waals surface area contributed by atoms with Crippen LogP contribution in [0.15, 0.2) is 59.0 Å². The third-order valence-electron chi connectivity index (χ3n) is 6.00. The first-order valence-electron chi connectivity index (χ1n) is 11.2. The first kappa shape index (κ1) is 25.1. The van der Waals surface area contributed by atoms with E-state index in [0.717, 1.165) is 4.57 Å². The lowest BCUT2D eigenvalue weighted by atomic mass is 10.1. The molecule has 4 aromatic heterocycles. The lowest BCUT2D eigenvalue weighted by molar-refractivity contribution is -0.0871. The highest BCUT2D eigenvalue weighted by Crippen LogP contribution is 2.34. The van der Waals surface area contributed by atoms with Gasteiger partial charge >= 0.3 is 6.18 Å². The molecule has 0 radical (unpaired) electrons. The van der Waals surface area contributed by atoms with Gasteiger partial charge in [-0.3, -0.25) is 9.36 Å². The number of nitrogen functional groups attached to an aromatic ring is 1. The quantitative estimate of drug-likeness (QED) is 0.305. The van der Waals surface area contributed by atoms with E-state index in [0.29, 0.717) is 27.0 Å². The molecule has 3 N–H and O–H groups in total. The third-order valence-corrected chi connectivity index (χ3v) is 6.99. The van der Waals surface area contributed by atoms with E-state index in [2.05, 4.69) is 26.6 Å². The lowest BCUT2D eigenvalue weighted by Gasteiger charge is -2.19. The second-order valence-corrected chi connectivity index (χ2v) is 9.29. The van der Waals surface area contributed by atoms with E-state index >= 15 is 0 Å². The van der Waals surface area contributed by atoms with E-state index in [9.17, 15) is 23.1 Å². The average Bonchev–Trinajstić information content (AvgIpc) is 3.42. The van der Waals surface area contributed by atoms with Gasteiger partial charge in [-0.15, -0.1) is 11.3 Å². The summed E-state index contributed by atoms with van der Waals surface area (Å²) in [6, 6.07) is 6.31. The number of aryl methyl sites for hydroxylation is 1. The van der Waals surface area contributed by atoms with Gasteiger partial charge in [0.15, 0.2) is 5.65 Å². The number of phenols is 1. The summed E-state index contributed by atoms with van der Waals surface area (Å²) in [7, 11) is 0. The van der Waals surface area contributed by atoms with Crippen LogP contribution < -0.4 is 11.3 Å². The van der Waals surface area contributed by atoms with Gasteiger partial charge in [-0.1, -0.05) is 24.8 Å². The van der Waals surface area contributed by atoms with Gasteiger partial charge in [0.25, 0.3) is 5.56 Å². The minimum atomic E-state index is -4.78.